The van der Waals surface area contributed by atoms with E-state index in [0.29, 0.717) is 0 Å². The molecule has 0 amide bonds. The molecule has 3 heteroatoms. The van der Waals surface area contributed by atoms with Crippen LogP contribution in [0.3, 0.4) is 0 Å². The SMILES string of the molecule is C=N/N=C(/c1ccccc1)N(C)c1ccccc1. The van der Waals surface area contributed by atoms with Crippen LogP contribution in [-0.4, -0.2) is 19.6 Å². The molecule has 0 aliphatic rings. The molecule has 2 rings (SSSR count). The van der Waals surface area contributed by atoms with Crippen LogP contribution in [0.15, 0.2) is 70.9 Å². The quantitative estimate of drug-likeness (QED) is 0.458. The molecule has 0 saturated heterocycles. The van der Waals surface area contributed by atoms with Gasteiger partial charge in [-0.1, -0.05) is 48.5 Å². The Balaban J connectivity index is 2.38. The predicted molar refractivity (Wildman–Crippen MR) is 77.4 cm³/mol. The third kappa shape index (κ3) is 2.63. The summed E-state index contributed by atoms with van der Waals surface area (Å²) in [5.74, 6) is 0.775. The van der Waals surface area contributed by atoms with Crippen LogP contribution in [0.2, 0.25) is 0 Å². The van der Waals surface area contributed by atoms with Gasteiger partial charge in [0.15, 0.2) is 5.84 Å². The lowest BCUT2D eigenvalue weighted by molar-refractivity contribution is 1.17. The molecule has 0 aromatic heterocycles. The van der Waals surface area contributed by atoms with Gasteiger partial charge >= 0.3 is 0 Å². The van der Waals surface area contributed by atoms with E-state index in [2.05, 4.69) is 16.9 Å². The van der Waals surface area contributed by atoms with Crippen LogP contribution in [0.1, 0.15) is 5.56 Å². The van der Waals surface area contributed by atoms with Gasteiger partial charge in [0.2, 0.25) is 0 Å². The number of amidine groups is 1. The summed E-state index contributed by atoms with van der Waals surface area (Å²) in [5.41, 5.74) is 2.07. The molecular formula is C15H15N3. The Morgan fingerprint density at radius 2 is 1.50 bits per heavy atom. The van der Waals surface area contributed by atoms with Crippen molar-refractivity contribution in [3.63, 3.8) is 0 Å². The van der Waals surface area contributed by atoms with Gasteiger partial charge < -0.3 is 4.90 Å². The lowest BCUT2D eigenvalue weighted by Gasteiger charge is -2.20. The van der Waals surface area contributed by atoms with Gasteiger partial charge in [-0.2, -0.15) is 5.10 Å². The van der Waals surface area contributed by atoms with Gasteiger partial charge in [0.1, 0.15) is 0 Å². The van der Waals surface area contributed by atoms with Crippen LogP contribution < -0.4 is 4.90 Å². The van der Waals surface area contributed by atoms with E-state index in [4.69, 9.17) is 0 Å². The first-order valence-electron chi connectivity index (χ1n) is 5.71. The highest BCUT2D eigenvalue weighted by molar-refractivity contribution is 6.09. The molecule has 0 aliphatic carbocycles. The number of nitrogens with zero attached hydrogens (tertiary/aromatic N) is 3. The van der Waals surface area contributed by atoms with E-state index in [1.165, 1.54) is 0 Å². The minimum absolute atomic E-state index is 0.775. The van der Waals surface area contributed by atoms with Gasteiger partial charge in [0, 0.05) is 25.0 Å². The van der Waals surface area contributed by atoms with Gasteiger partial charge in [-0.25, -0.2) is 0 Å². The smallest absolute Gasteiger partial charge is 0.162 e. The third-order valence-electron chi connectivity index (χ3n) is 2.66. The number of hydrogen-bond donors (Lipinski definition) is 0. The van der Waals surface area contributed by atoms with Crippen molar-refractivity contribution in [1.82, 2.24) is 0 Å². The van der Waals surface area contributed by atoms with Crippen molar-refractivity contribution in [3.8, 4) is 0 Å². The summed E-state index contributed by atoms with van der Waals surface area (Å²) in [6.45, 7) is 3.44. The van der Waals surface area contributed by atoms with Crippen molar-refractivity contribution in [2.75, 3.05) is 11.9 Å². The summed E-state index contributed by atoms with van der Waals surface area (Å²) in [6, 6.07) is 20.0. The second-order valence-electron chi connectivity index (χ2n) is 3.83. The number of benzene rings is 2. The van der Waals surface area contributed by atoms with Gasteiger partial charge in [-0.05, 0) is 12.1 Å². The molecule has 90 valence electrons. The van der Waals surface area contributed by atoms with Crippen LogP contribution in [-0.2, 0) is 0 Å². The lowest BCUT2D eigenvalue weighted by atomic mass is 10.2. The molecule has 0 aliphatic heterocycles. The fourth-order valence-corrected chi connectivity index (χ4v) is 1.75. The fourth-order valence-electron chi connectivity index (χ4n) is 1.75. The number of hydrogen-bond acceptors (Lipinski definition) is 2. The van der Waals surface area contributed by atoms with Crippen molar-refractivity contribution < 1.29 is 0 Å². The van der Waals surface area contributed by atoms with Crippen LogP contribution in [0, 0.1) is 0 Å². The Morgan fingerprint density at radius 3 is 2.06 bits per heavy atom. The van der Waals surface area contributed by atoms with Crippen LogP contribution in [0.25, 0.3) is 0 Å². The van der Waals surface area contributed by atoms with E-state index in [-0.39, 0.29) is 0 Å². The van der Waals surface area contributed by atoms with E-state index < -0.39 is 0 Å². The summed E-state index contributed by atoms with van der Waals surface area (Å²) in [4.78, 5) is 1.99. The maximum atomic E-state index is 4.13. The first kappa shape index (κ1) is 12.0. The molecule has 0 heterocycles. The molecular weight excluding hydrogens is 222 g/mol. The molecule has 0 fully saturated rings. The highest BCUT2D eigenvalue weighted by atomic mass is 15.3. The Hall–Kier alpha value is -2.42. The van der Waals surface area contributed by atoms with Crippen LogP contribution in [0.4, 0.5) is 5.69 Å². The molecule has 3 nitrogen and oxygen atoms in total. The number of anilines is 1. The van der Waals surface area contributed by atoms with E-state index in [1.54, 1.807) is 0 Å². The van der Waals surface area contributed by atoms with E-state index in [1.807, 2.05) is 72.6 Å². The minimum atomic E-state index is 0.775. The second-order valence-corrected chi connectivity index (χ2v) is 3.83. The molecule has 0 saturated carbocycles. The average molecular weight is 237 g/mol. The summed E-state index contributed by atoms with van der Waals surface area (Å²) >= 11 is 0. The monoisotopic (exact) mass is 237 g/mol. The van der Waals surface area contributed by atoms with Crippen molar-refractivity contribution in [2.24, 2.45) is 10.2 Å². The standard InChI is InChI=1S/C15H15N3/c1-16-17-15(13-9-5-3-6-10-13)18(2)14-11-7-4-8-12-14/h3-12H,1H2,2H3/b17-15-. The first-order chi connectivity index (χ1) is 8.83. The zero-order valence-electron chi connectivity index (χ0n) is 10.3. The maximum Gasteiger partial charge on any atom is 0.162 e. The Morgan fingerprint density at radius 1 is 0.944 bits per heavy atom. The summed E-state index contributed by atoms with van der Waals surface area (Å²) in [5, 5.41) is 7.78. The molecule has 0 bridgehead atoms. The largest absolute Gasteiger partial charge is 0.327 e. The Kier molecular flexibility index (Phi) is 3.86. The lowest BCUT2D eigenvalue weighted by Crippen LogP contribution is -2.27. The molecule has 0 radical (unpaired) electrons. The molecule has 2 aromatic carbocycles. The number of para-hydroxylation sites is 1. The summed E-state index contributed by atoms with van der Waals surface area (Å²) < 4.78 is 0. The molecule has 0 unspecified atom stereocenters. The third-order valence-corrected chi connectivity index (χ3v) is 2.66. The predicted octanol–water partition coefficient (Wildman–Crippen LogP) is 3.19. The second kappa shape index (κ2) is 5.77. The topological polar surface area (TPSA) is 28.0 Å². The van der Waals surface area contributed by atoms with Gasteiger partial charge in [0.05, 0.1) is 0 Å². The van der Waals surface area contributed by atoms with Crippen molar-refractivity contribution >= 4 is 18.2 Å². The molecule has 18 heavy (non-hydrogen) atoms. The Labute approximate surface area is 107 Å². The first-order valence-corrected chi connectivity index (χ1v) is 5.71. The van der Waals surface area contributed by atoms with Crippen LogP contribution >= 0.6 is 0 Å². The van der Waals surface area contributed by atoms with Gasteiger partial charge in [0.25, 0.3) is 0 Å². The highest BCUT2D eigenvalue weighted by Crippen LogP contribution is 2.15. The zero-order valence-corrected chi connectivity index (χ0v) is 10.3. The van der Waals surface area contributed by atoms with Crippen molar-refractivity contribution in [1.29, 1.82) is 0 Å². The summed E-state index contributed by atoms with van der Waals surface area (Å²) in [6.07, 6.45) is 0. The maximum absolute atomic E-state index is 4.13. The average Bonchev–Trinajstić information content (AvgIpc) is 2.46. The van der Waals surface area contributed by atoms with E-state index in [9.17, 15) is 0 Å². The Bertz CT molecular complexity index is 532. The van der Waals surface area contributed by atoms with E-state index >= 15 is 0 Å². The molecule has 0 N–H and O–H groups in total. The van der Waals surface area contributed by atoms with E-state index in [0.717, 1.165) is 17.1 Å². The van der Waals surface area contributed by atoms with Gasteiger partial charge in [-0.3, -0.25) is 0 Å². The number of rotatable bonds is 3. The zero-order chi connectivity index (χ0) is 12.8. The molecule has 0 spiro atoms. The summed E-state index contributed by atoms with van der Waals surface area (Å²) in [7, 11) is 1.96. The van der Waals surface area contributed by atoms with Crippen molar-refractivity contribution in [2.45, 2.75) is 0 Å². The fraction of sp³-hybridized carbons (Fsp3) is 0.0667. The van der Waals surface area contributed by atoms with Crippen molar-refractivity contribution in [3.05, 3.63) is 66.2 Å². The normalized spacial score (nSPS) is 11.1. The minimum Gasteiger partial charge on any atom is -0.327 e. The van der Waals surface area contributed by atoms with Gasteiger partial charge in [-0.15, -0.1) is 5.10 Å². The highest BCUT2D eigenvalue weighted by Gasteiger charge is 2.10. The van der Waals surface area contributed by atoms with Crippen LogP contribution in [0.5, 0.6) is 0 Å². The molecule has 2 aromatic rings. The molecule has 0 atom stereocenters.